The van der Waals surface area contributed by atoms with E-state index < -0.39 is 7.12 Å². The van der Waals surface area contributed by atoms with Crippen molar-refractivity contribution in [3.63, 3.8) is 0 Å². The minimum atomic E-state index is -1.30. The first-order valence-electron chi connectivity index (χ1n) is 3.44. The van der Waals surface area contributed by atoms with Gasteiger partial charge in [-0.15, -0.1) is 0 Å². The molecule has 0 aromatic carbocycles. The van der Waals surface area contributed by atoms with Crippen LogP contribution in [-0.4, -0.2) is 17.2 Å². The van der Waals surface area contributed by atoms with Crippen LogP contribution in [0.2, 0.25) is 0 Å². The summed E-state index contributed by atoms with van der Waals surface area (Å²) in [5, 5.41) is 16.8. The molecule has 0 radical (unpaired) electrons. The lowest BCUT2D eigenvalue weighted by molar-refractivity contribution is 0.414. The van der Waals surface area contributed by atoms with Gasteiger partial charge in [-0.2, -0.15) is 0 Å². The highest BCUT2D eigenvalue weighted by Gasteiger charge is 2.07. The van der Waals surface area contributed by atoms with E-state index in [-0.39, 0.29) is 5.41 Å². The summed E-state index contributed by atoms with van der Waals surface area (Å²) in [4.78, 5) is 0. The monoisotopic (exact) mass is 142 g/mol. The number of allylic oxidation sites excluding steroid dienone is 1. The number of hydrogen-bond acceptors (Lipinski definition) is 2. The van der Waals surface area contributed by atoms with Crippen molar-refractivity contribution in [1.82, 2.24) is 0 Å². The van der Waals surface area contributed by atoms with Gasteiger partial charge in [-0.1, -0.05) is 32.8 Å². The quantitative estimate of drug-likeness (QED) is 0.564. The highest BCUT2D eigenvalue weighted by molar-refractivity contribution is 6.47. The molecule has 0 heterocycles. The van der Waals surface area contributed by atoms with Gasteiger partial charge in [0.1, 0.15) is 0 Å². The zero-order chi connectivity index (χ0) is 8.20. The first-order chi connectivity index (χ1) is 4.42. The van der Waals surface area contributed by atoms with E-state index in [1.54, 1.807) is 6.08 Å². The third-order valence-corrected chi connectivity index (χ3v) is 1.04. The molecule has 0 saturated heterocycles. The fourth-order valence-electron chi connectivity index (χ4n) is 0.543. The van der Waals surface area contributed by atoms with Crippen molar-refractivity contribution in [3.05, 3.63) is 12.1 Å². The molecule has 0 aliphatic heterocycles. The van der Waals surface area contributed by atoms with Crippen LogP contribution < -0.4 is 0 Å². The highest BCUT2D eigenvalue weighted by Crippen LogP contribution is 2.18. The van der Waals surface area contributed by atoms with Crippen molar-refractivity contribution >= 4 is 7.12 Å². The summed E-state index contributed by atoms with van der Waals surface area (Å²) in [6, 6.07) is 0. The molecule has 0 spiro atoms. The molecule has 0 rings (SSSR count). The largest absolute Gasteiger partial charge is 0.480 e. The van der Waals surface area contributed by atoms with Gasteiger partial charge in [0.25, 0.3) is 0 Å². The van der Waals surface area contributed by atoms with Crippen LogP contribution in [0.25, 0.3) is 0 Å². The summed E-state index contributed by atoms with van der Waals surface area (Å²) < 4.78 is 0. The van der Waals surface area contributed by atoms with Crippen LogP contribution in [0.1, 0.15) is 27.2 Å². The second-order valence-corrected chi connectivity index (χ2v) is 3.61. The van der Waals surface area contributed by atoms with Gasteiger partial charge in [-0.25, -0.2) is 0 Å². The van der Waals surface area contributed by atoms with Crippen molar-refractivity contribution in [2.45, 2.75) is 27.2 Å². The molecule has 2 nitrogen and oxygen atoms in total. The molecule has 0 atom stereocenters. The maximum absolute atomic E-state index is 8.42. The van der Waals surface area contributed by atoms with Gasteiger partial charge in [0.15, 0.2) is 0 Å². The fourth-order valence-corrected chi connectivity index (χ4v) is 0.543. The molecular formula is C7H15BO2. The van der Waals surface area contributed by atoms with Crippen LogP contribution in [0.15, 0.2) is 12.1 Å². The molecule has 0 saturated carbocycles. The Morgan fingerprint density at radius 1 is 1.30 bits per heavy atom. The molecule has 2 N–H and O–H groups in total. The Bertz CT molecular complexity index is 113. The summed E-state index contributed by atoms with van der Waals surface area (Å²) in [5.41, 5.74) is 0.228. The Hall–Kier alpha value is -0.275. The molecule has 0 fully saturated rings. The summed E-state index contributed by atoms with van der Waals surface area (Å²) >= 11 is 0. The van der Waals surface area contributed by atoms with Gasteiger partial charge in [0.05, 0.1) is 0 Å². The molecular weight excluding hydrogens is 127 g/mol. The number of hydrogen-bond donors (Lipinski definition) is 2. The molecule has 3 heteroatoms. The van der Waals surface area contributed by atoms with Crippen molar-refractivity contribution in [2.24, 2.45) is 5.41 Å². The van der Waals surface area contributed by atoms with Gasteiger partial charge in [-0.05, 0) is 11.8 Å². The lowest BCUT2D eigenvalue weighted by atomic mass is 9.86. The van der Waals surface area contributed by atoms with E-state index in [4.69, 9.17) is 10.0 Å². The SMILES string of the molecule is CC(C)(C)C/C=C/B(O)O. The van der Waals surface area contributed by atoms with E-state index in [1.165, 1.54) is 5.98 Å². The summed E-state index contributed by atoms with van der Waals surface area (Å²) in [7, 11) is -1.30. The van der Waals surface area contributed by atoms with Crippen LogP contribution in [0, 0.1) is 5.41 Å². The average Bonchev–Trinajstić information content (AvgIpc) is 1.59. The topological polar surface area (TPSA) is 40.5 Å². The lowest BCUT2D eigenvalue weighted by Gasteiger charge is -2.14. The van der Waals surface area contributed by atoms with E-state index in [9.17, 15) is 0 Å². The first kappa shape index (κ1) is 9.72. The zero-order valence-electron chi connectivity index (χ0n) is 6.83. The maximum atomic E-state index is 8.42. The Morgan fingerprint density at radius 3 is 2.10 bits per heavy atom. The van der Waals surface area contributed by atoms with Crippen LogP contribution in [0.5, 0.6) is 0 Å². The zero-order valence-corrected chi connectivity index (χ0v) is 6.83. The van der Waals surface area contributed by atoms with E-state index in [0.717, 1.165) is 6.42 Å². The van der Waals surface area contributed by atoms with E-state index in [2.05, 4.69) is 20.8 Å². The Morgan fingerprint density at radius 2 is 1.80 bits per heavy atom. The van der Waals surface area contributed by atoms with E-state index in [1.807, 2.05) is 0 Å². The summed E-state index contributed by atoms with van der Waals surface area (Å²) in [6.45, 7) is 6.29. The van der Waals surface area contributed by atoms with Gasteiger partial charge in [0, 0.05) is 0 Å². The molecule has 0 aromatic heterocycles. The highest BCUT2D eigenvalue weighted by atomic mass is 16.4. The number of rotatable bonds is 2. The van der Waals surface area contributed by atoms with Gasteiger partial charge in [0.2, 0.25) is 0 Å². The molecule has 10 heavy (non-hydrogen) atoms. The third-order valence-electron chi connectivity index (χ3n) is 1.04. The fraction of sp³-hybridized carbons (Fsp3) is 0.714. The van der Waals surface area contributed by atoms with Gasteiger partial charge >= 0.3 is 7.12 Å². The first-order valence-corrected chi connectivity index (χ1v) is 3.44. The van der Waals surface area contributed by atoms with E-state index >= 15 is 0 Å². The lowest BCUT2D eigenvalue weighted by Crippen LogP contribution is -2.07. The predicted molar refractivity (Wildman–Crippen MR) is 43.4 cm³/mol. The van der Waals surface area contributed by atoms with Crippen molar-refractivity contribution in [3.8, 4) is 0 Å². The Kier molecular flexibility index (Phi) is 3.68. The average molecular weight is 142 g/mol. The second kappa shape index (κ2) is 3.79. The van der Waals surface area contributed by atoms with Crippen LogP contribution in [0.4, 0.5) is 0 Å². The van der Waals surface area contributed by atoms with Gasteiger partial charge < -0.3 is 10.0 Å². The molecule has 0 aliphatic rings. The van der Waals surface area contributed by atoms with Crippen LogP contribution in [0.3, 0.4) is 0 Å². The second-order valence-electron chi connectivity index (χ2n) is 3.61. The molecule has 0 aromatic rings. The molecule has 0 amide bonds. The van der Waals surface area contributed by atoms with Crippen molar-refractivity contribution < 1.29 is 10.0 Å². The Labute approximate surface area is 62.7 Å². The van der Waals surface area contributed by atoms with Crippen molar-refractivity contribution in [1.29, 1.82) is 0 Å². The van der Waals surface area contributed by atoms with Crippen LogP contribution in [-0.2, 0) is 0 Å². The van der Waals surface area contributed by atoms with E-state index in [0.29, 0.717) is 0 Å². The Balaban J connectivity index is 3.54. The summed E-state index contributed by atoms with van der Waals surface area (Å²) in [5.74, 6) is 1.38. The third kappa shape index (κ3) is 7.72. The molecule has 0 unspecified atom stereocenters. The minimum Gasteiger partial charge on any atom is -0.424 e. The molecule has 0 bridgehead atoms. The van der Waals surface area contributed by atoms with Crippen molar-refractivity contribution in [2.75, 3.05) is 0 Å². The standard InChI is InChI=1S/C7H15BO2/c1-7(2,3)5-4-6-8(9)10/h4,6,9-10H,5H2,1-3H3/b6-4+. The summed E-state index contributed by atoms with van der Waals surface area (Å²) in [6.07, 6.45) is 2.65. The van der Waals surface area contributed by atoms with Gasteiger partial charge in [-0.3, -0.25) is 0 Å². The predicted octanol–water partition coefficient (Wildman–Crippen LogP) is 0.991. The smallest absolute Gasteiger partial charge is 0.424 e. The molecule has 0 aliphatic carbocycles. The maximum Gasteiger partial charge on any atom is 0.480 e. The molecule has 58 valence electrons. The van der Waals surface area contributed by atoms with Crippen LogP contribution >= 0.6 is 0 Å². The normalized spacial score (nSPS) is 12.5. The minimum absolute atomic E-state index is 0.228.